The average molecular weight is 352 g/mol. The van der Waals surface area contributed by atoms with Gasteiger partial charge in [-0.2, -0.15) is 0 Å². The fourth-order valence-electron chi connectivity index (χ4n) is 4.16. The molecule has 2 atom stereocenters. The molecule has 2 N–H and O–H groups in total. The molecule has 0 spiro atoms. The van der Waals surface area contributed by atoms with Gasteiger partial charge in [0.25, 0.3) is 5.91 Å². The van der Waals surface area contributed by atoms with Gasteiger partial charge in [-0.25, -0.2) is 4.79 Å². The molecule has 24 heavy (non-hydrogen) atoms. The average Bonchev–Trinajstić information content (AvgIpc) is 2.88. The lowest BCUT2D eigenvalue weighted by Crippen LogP contribution is -2.55. The highest BCUT2D eigenvalue weighted by atomic mass is 35.5. The Hall–Kier alpha value is -1.79. The summed E-state index contributed by atoms with van der Waals surface area (Å²) in [6.07, 6.45) is 5.71. The second kappa shape index (κ2) is 6.61. The molecule has 0 aliphatic carbocycles. The number of halogens is 1. The van der Waals surface area contributed by atoms with Crippen molar-refractivity contribution in [2.24, 2.45) is 0 Å². The molecule has 2 unspecified atom stereocenters. The quantitative estimate of drug-likeness (QED) is 0.870. The predicted molar refractivity (Wildman–Crippen MR) is 93.8 cm³/mol. The smallest absolute Gasteiger partial charge is 0.408 e. The minimum absolute atomic E-state index is 0. The third-order valence-electron chi connectivity index (χ3n) is 5.38. The summed E-state index contributed by atoms with van der Waals surface area (Å²) in [4.78, 5) is 29.1. The van der Waals surface area contributed by atoms with Crippen LogP contribution in [-0.2, 0) is 0 Å². The van der Waals surface area contributed by atoms with E-state index in [0.29, 0.717) is 28.7 Å². The lowest BCUT2D eigenvalue weighted by molar-refractivity contribution is 0.0463. The number of para-hydroxylation sites is 1. The summed E-state index contributed by atoms with van der Waals surface area (Å²) in [7, 11) is 2.20. The number of hydrogen-bond acceptors (Lipinski definition) is 4. The van der Waals surface area contributed by atoms with E-state index in [4.69, 9.17) is 4.42 Å². The summed E-state index contributed by atoms with van der Waals surface area (Å²) >= 11 is 0. The maximum Gasteiger partial charge on any atom is 0.417 e. The van der Waals surface area contributed by atoms with Gasteiger partial charge in [-0.15, -0.1) is 12.4 Å². The van der Waals surface area contributed by atoms with Gasteiger partial charge in [-0.1, -0.05) is 12.5 Å². The van der Waals surface area contributed by atoms with E-state index in [9.17, 15) is 9.59 Å². The van der Waals surface area contributed by atoms with E-state index in [2.05, 4.69) is 22.2 Å². The normalized spacial score (nSPS) is 26.8. The fourth-order valence-corrected chi connectivity index (χ4v) is 4.16. The van der Waals surface area contributed by atoms with Crippen LogP contribution in [0.5, 0.6) is 0 Å². The summed E-state index contributed by atoms with van der Waals surface area (Å²) in [6, 6.07) is 6.47. The molecule has 1 amide bonds. The largest absolute Gasteiger partial charge is 0.417 e. The number of nitrogens with one attached hydrogen (secondary N) is 2. The summed E-state index contributed by atoms with van der Waals surface area (Å²) in [5, 5.41) is 3.16. The molecule has 2 aliphatic heterocycles. The second-order valence-corrected chi connectivity index (χ2v) is 6.74. The lowest BCUT2D eigenvalue weighted by Gasteiger charge is -2.47. The van der Waals surface area contributed by atoms with Gasteiger partial charge in [0, 0.05) is 18.1 Å². The summed E-state index contributed by atoms with van der Waals surface area (Å²) in [5.41, 5.74) is 1.36. The van der Waals surface area contributed by atoms with Crippen LogP contribution in [0.3, 0.4) is 0 Å². The molecule has 2 aliphatic rings. The third kappa shape index (κ3) is 2.96. The van der Waals surface area contributed by atoms with Crippen LogP contribution in [0.1, 0.15) is 42.5 Å². The molecule has 2 bridgehead atoms. The summed E-state index contributed by atoms with van der Waals surface area (Å²) in [6.45, 7) is 0. The Balaban J connectivity index is 0.00000169. The first-order valence-electron chi connectivity index (χ1n) is 8.26. The minimum Gasteiger partial charge on any atom is -0.408 e. The second-order valence-electron chi connectivity index (χ2n) is 6.74. The first-order valence-corrected chi connectivity index (χ1v) is 8.26. The van der Waals surface area contributed by atoms with Gasteiger partial charge in [-0.05, 0) is 44.9 Å². The number of oxazole rings is 1. The molecular formula is C17H22ClN3O3. The number of amides is 1. The number of aromatic amines is 1. The zero-order chi connectivity index (χ0) is 16.0. The van der Waals surface area contributed by atoms with Crippen LogP contribution in [-0.4, -0.2) is 41.0 Å². The van der Waals surface area contributed by atoms with E-state index >= 15 is 0 Å². The topological polar surface area (TPSA) is 78.3 Å². The molecule has 1 aromatic carbocycles. The molecule has 1 aromatic heterocycles. The molecule has 130 valence electrons. The van der Waals surface area contributed by atoms with Crippen molar-refractivity contribution in [3.63, 3.8) is 0 Å². The first kappa shape index (κ1) is 17.0. The highest BCUT2D eigenvalue weighted by Crippen LogP contribution is 2.32. The van der Waals surface area contributed by atoms with Gasteiger partial charge in [0.1, 0.15) is 0 Å². The van der Waals surface area contributed by atoms with Crippen LogP contribution in [0, 0.1) is 0 Å². The van der Waals surface area contributed by atoms with E-state index in [1.54, 1.807) is 18.2 Å². The molecule has 0 radical (unpaired) electrons. The number of carbonyl (C=O) groups is 1. The van der Waals surface area contributed by atoms with Gasteiger partial charge in [0.15, 0.2) is 5.58 Å². The Bertz CT molecular complexity index is 786. The van der Waals surface area contributed by atoms with Crippen LogP contribution in [0.2, 0.25) is 0 Å². The van der Waals surface area contributed by atoms with Gasteiger partial charge in [0.2, 0.25) is 0 Å². The SMILES string of the molecule is CN1C2CCCC1CC(NC(=O)c1cccc3oc(=O)[nH]c13)C2.Cl. The molecule has 6 nitrogen and oxygen atoms in total. The molecule has 2 saturated heterocycles. The monoisotopic (exact) mass is 351 g/mol. The van der Waals surface area contributed by atoms with Crippen LogP contribution in [0.25, 0.3) is 11.1 Å². The van der Waals surface area contributed by atoms with Crippen molar-refractivity contribution in [1.82, 2.24) is 15.2 Å². The van der Waals surface area contributed by atoms with Crippen molar-refractivity contribution in [2.75, 3.05) is 7.05 Å². The van der Waals surface area contributed by atoms with E-state index in [0.717, 1.165) is 12.8 Å². The van der Waals surface area contributed by atoms with E-state index in [-0.39, 0.29) is 24.4 Å². The maximum absolute atomic E-state index is 12.6. The van der Waals surface area contributed by atoms with Crippen LogP contribution in [0.15, 0.2) is 27.4 Å². The number of nitrogens with zero attached hydrogens (tertiary/aromatic N) is 1. The molecular weight excluding hydrogens is 330 g/mol. The number of piperidine rings is 2. The Morgan fingerprint density at radius 1 is 1.29 bits per heavy atom. The van der Waals surface area contributed by atoms with Crippen molar-refractivity contribution >= 4 is 29.4 Å². The summed E-state index contributed by atoms with van der Waals surface area (Å²) in [5.74, 6) is -0.672. The van der Waals surface area contributed by atoms with Gasteiger partial charge >= 0.3 is 5.76 Å². The van der Waals surface area contributed by atoms with Crippen LogP contribution >= 0.6 is 12.4 Å². The van der Waals surface area contributed by atoms with Crippen LogP contribution < -0.4 is 11.1 Å². The Morgan fingerprint density at radius 3 is 2.71 bits per heavy atom. The standard InChI is InChI=1S/C17H21N3O3.ClH/c1-20-11-4-2-5-12(20)9-10(8-11)18-16(21)13-6-3-7-14-15(13)19-17(22)23-14;/h3,6-7,10-12H,2,4-5,8-9H2,1H3,(H,18,21)(H,19,22);1H. The third-order valence-corrected chi connectivity index (χ3v) is 5.38. The minimum atomic E-state index is -0.533. The number of hydrogen-bond donors (Lipinski definition) is 2. The van der Waals surface area contributed by atoms with Gasteiger partial charge in [0.05, 0.1) is 11.1 Å². The number of fused-ring (bicyclic) bond motifs is 3. The van der Waals surface area contributed by atoms with Crippen molar-refractivity contribution in [2.45, 2.75) is 50.2 Å². The first-order chi connectivity index (χ1) is 11.1. The van der Waals surface area contributed by atoms with Crippen molar-refractivity contribution < 1.29 is 9.21 Å². The number of benzene rings is 1. The Labute approximate surface area is 146 Å². The molecule has 2 aromatic rings. The van der Waals surface area contributed by atoms with Gasteiger partial charge in [-0.3, -0.25) is 9.78 Å². The fraction of sp³-hybridized carbons (Fsp3) is 0.529. The van der Waals surface area contributed by atoms with Crippen LogP contribution in [0.4, 0.5) is 0 Å². The van der Waals surface area contributed by atoms with Crippen molar-refractivity contribution in [3.05, 3.63) is 34.3 Å². The predicted octanol–water partition coefficient (Wildman–Crippen LogP) is 2.29. The van der Waals surface area contributed by atoms with E-state index in [1.807, 2.05) is 0 Å². The lowest BCUT2D eigenvalue weighted by atomic mass is 9.82. The number of aromatic nitrogens is 1. The zero-order valence-corrected chi connectivity index (χ0v) is 14.4. The molecule has 2 fully saturated rings. The highest BCUT2D eigenvalue weighted by Gasteiger charge is 2.36. The Morgan fingerprint density at radius 2 is 2.00 bits per heavy atom. The van der Waals surface area contributed by atoms with E-state index < -0.39 is 5.76 Å². The summed E-state index contributed by atoms with van der Waals surface area (Å²) < 4.78 is 5.03. The molecule has 7 heteroatoms. The van der Waals surface area contributed by atoms with Gasteiger partial charge < -0.3 is 14.6 Å². The van der Waals surface area contributed by atoms with E-state index in [1.165, 1.54) is 19.3 Å². The number of H-pyrrole nitrogens is 1. The zero-order valence-electron chi connectivity index (χ0n) is 13.6. The molecule has 3 heterocycles. The Kier molecular flexibility index (Phi) is 4.69. The molecule has 4 rings (SSSR count). The molecule has 0 saturated carbocycles. The van der Waals surface area contributed by atoms with Crippen molar-refractivity contribution in [3.8, 4) is 0 Å². The number of carbonyl (C=O) groups excluding carboxylic acids is 1. The number of rotatable bonds is 2. The highest BCUT2D eigenvalue weighted by molar-refractivity contribution is 6.04. The van der Waals surface area contributed by atoms with Crippen molar-refractivity contribution in [1.29, 1.82) is 0 Å². The maximum atomic E-state index is 12.6.